The van der Waals surface area contributed by atoms with Crippen molar-refractivity contribution in [1.29, 1.82) is 0 Å². The van der Waals surface area contributed by atoms with Crippen molar-refractivity contribution in [3.63, 3.8) is 0 Å². The van der Waals surface area contributed by atoms with E-state index in [0.29, 0.717) is 12.5 Å². The number of hydrogen-bond donors (Lipinski definition) is 2. The molecule has 4 heteroatoms. The highest BCUT2D eigenvalue weighted by Gasteiger charge is 2.07. The van der Waals surface area contributed by atoms with Crippen LogP contribution >= 0.6 is 0 Å². The second-order valence-electron chi connectivity index (χ2n) is 5.57. The van der Waals surface area contributed by atoms with Crippen molar-refractivity contribution >= 4 is 11.6 Å². The van der Waals surface area contributed by atoms with Gasteiger partial charge in [-0.1, -0.05) is 32.0 Å². The Balaban J connectivity index is 1.88. The minimum absolute atomic E-state index is 0.0116. The third-order valence-corrected chi connectivity index (χ3v) is 3.15. The molecule has 0 aliphatic rings. The van der Waals surface area contributed by atoms with Crippen LogP contribution in [-0.4, -0.2) is 17.0 Å². The van der Waals surface area contributed by atoms with Gasteiger partial charge in [0.05, 0.1) is 0 Å². The van der Waals surface area contributed by atoms with Crippen LogP contribution in [-0.2, 0) is 17.9 Å². The largest absolute Gasteiger partial charge is 0.341 e. The summed E-state index contributed by atoms with van der Waals surface area (Å²) in [5.74, 6) is 0.609. The van der Waals surface area contributed by atoms with Crippen LogP contribution in [0.4, 0.5) is 5.69 Å². The number of anilines is 1. The van der Waals surface area contributed by atoms with Gasteiger partial charge in [0.1, 0.15) is 6.54 Å². The van der Waals surface area contributed by atoms with Crippen LogP contribution in [0, 0.1) is 5.92 Å². The lowest BCUT2D eigenvalue weighted by Gasteiger charge is -2.11. The topological polar surface area (TPSA) is 46.1 Å². The molecule has 0 aliphatic carbocycles. The summed E-state index contributed by atoms with van der Waals surface area (Å²) in [4.78, 5) is 12.1. The maximum Gasteiger partial charge on any atom is 0.244 e. The maximum absolute atomic E-state index is 12.1. The van der Waals surface area contributed by atoms with Gasteiger partial charge in [-0.2, -0.15) is 0 Å². The van der Waals surface area contributed by atoms with E-state index in [4.69, 9.17) is 0 Å². The van der Waals surface area contributed by atoms with E-state index >= 15 is 0 Å². The first-order valence-electron chi connectivity index (χ1n) is 7.35. The Kier molecular flexibility index (Phi) is 5.58. The fraction of sp³-hybridized carbons (Fsp3) is 0.353. The lowest BCUT2D eigenvalue weighted by atomic mass is 10.2. The van der Waals surface area contributed by atoms with Crippen molar-refractivity contribution in [3.8, 4) is 0 Å². The van der Waals surface area contributed by atoms with Crippen LogP contribution in [0.1, 0.15) is 19.5 Å². The average Bonchev–Trinajstić information content (AvgIpc) is 2.87. The van der Waals surface area contributed by atoms with E-state index in [1.807, 2.05) is 53.2 Å². The highest BCUT2D eigenvalue weighted by Crippen LogP contribution is 2.07. The lowest BCUT2D eigenvalue weighted by Crippen LogP contribution is -2.23. The molecular weight excluding hydrogens is 262 g/mol. The summed E-state index contributed by atoms with van der Waals surface area (Å²) in [6.45, 7) is 6.45. The second kappa shape index (κ2) is 7.64. The van der Waals surface area contributed by atoms with Crippen molar-refractivity contribution < 1.29 is 4.79 Å². The van der Waals surface area contributed by atoms with Crippen LogP contribution in [0.15, 0.2) is 48.7 Å². The molecule has 2 aromatic rings. The normalized spacial score (nSPS) is 10.8. The number of hydrogen-bond acceptors (Lipinski definition) is 2. The van der Waals surface area contributed by atoms with Crippen LogP contribution in [0.5, 0.6) is 0 Å². The molecule has 2 N–H and O–H groups in total. The molecule has 0 fully saturated rings. The monoisotopic (exact) mass is 285 g/mol. The van der Waals surface area contributed by atoms with Gasteiger partial charge in [0.25, 0.3) is 0 Å². The average molecular weight is 285 g/mol. The Morgan fingerprint density at radius 2 is 1.90 bits per heavy atom. The minimum atomic E-state index is -0.0116. The van der Waals surface area contributed by atoms with E-state index in [1.54, 1.807) is 0 Å². The third kappa shape index (κ3) is 5.08. The SMILES string of the molecule is CC(C)CNCc1cccn1CC(=O)Nc1ccccc1. The summed E-state index contributed by atoms with van der Waals surface area (Å²) < 4.78 is 1.98. The fourth-order valence-electron chi connectivity index (χ4n) is 2.13. The number of para-hydroxylation sites is 1. The number of amides is 1. The molecule has 1 aromatic heterocycles. The van der Waals surface area contributed by atoms with Crippen LogP contribution < -0.4 is 10.6 Å². The molecule has 1 heterocycles. The first-order chi connectivity index (χ1) is 10.1. The molecule has 0 unspecified atom stereocenters. The Labute approximate surface area is 126 Å². The van der Waals surface area contributed by atoms with Gasteiger partial charge in [-0.05, 0) is 36.7 Å². The van der Waals surface area contributed by atoms with Crippen molar-refractivity contribution in [2.45, 2.75) is 26.9 Å². The van der Waals surface area contributed by atoms with Crippen LogP contribution in [0.3, 0.4) is 0 Å². The standard InChI is InChI=1S/C17H23N3O/c1-14(2)11-18-12-16-9-6-10-20(16)13-17(21)19-15-7-4-3-5-8-15/h3-10,14,18H,11-13H2,1-2H3,(H,19,21). The van der Waals surface area contributed by atoms with E-state index in [2.05, 4.69) is 24.5 Å². The van der Waals surface area contributed by atoms with Crippen LogP contribution in [0.25, 0.3) is 0 Å². The number of nitrogens with zero attached hydrogens (tertiary/aromatic N) is 1. The number of benzene rings is 1. The van der Waals surface area contributed by atoms with Crippen molar-refractivity contribution in [3.05, 3.63) is 54.4 Å². The van der Waals surface area contributed by atoms with E-state index in [-0.39, 0.29) is 5.91 Å². The van der Waals surface area contributed by atoms with Gasteiger partial charge in [-0.25, -0.2) is 0 Å². The van der Waals surface area contributed by atoms with Crippen molar-refractivity contribution in [2.75, 3.05) is 11.9 Å². The summed E-state index contributed by atoms with van der Waals surface area (Å²) >= 11 is 0. The van der Waals surface area contributed by atoms with Crippen molar-refractivity contribution in [1.82, 2.24) is 9.88 Å². The van der Waals surface area contributed by atoms with Crippen LogP contribution in [0.2, 0.25) is 0 Å². The van der Waals surface area contributed by atoms with E-state index in [1.165, 1.54) is 0 Å². The Morgan fingerprint density at radius 3 is 2.62 bits per heavy atom. The second-order valence-corrected chi connectivity index (χ2v) is 5.57. The zero-order chi connectivity index (χ0) is 15.1. The zero-order valence-corrected chi connectivity index (χ0v) is 12.7. The lowest BCUT2D eigenvalue weighted by molar-refractivity contribution is -0.116. The summed E-state index contributed by atoms with van der Waals surface area (Å²) in [7, 11) is 0. The summed E-state index contributed by atoms with van der Waals surface area (Å²) in [6, 6.07) is 13.5. The van der Waals surface area contributed by atoms with E-state index < -0.39 is 0 Å². The Bertz CT molecular complexity index is 560. The van der Waals surface area contributed by atoms with Crippen molar-refractivity contribution in [2.24, 2.45) is 5.92 Å². The fourth-order valence-corrected chi connectivity index (χ4v) is 2.13. The smallest absolute Gasteiger partial charge is 0.244 e. The molecule has 0 saturated heterocycles. The highest BCUT2D eigenvalue weighted by molar-refractivity contribution is 5.90. The molecule has 0 saturated carbocycles. The summed E-state index contributed by atoms with van der Waals surface area (Å²) in [6.07, 6.45) is 1.94. The molecule has 4 nitrogen and oxygen atoms in total. The van der Waals surface area contributed by atoms with Gasteiger partial charge in [-0.3, -0.25) is 4.79 Å². The van der Waals surface area contributed by atoms with Gasteiger partial charge in [0.15, 0.2) is 0 Å². The Hall–Kier alpha value is -2.07. The zero-order valence-electron chi connectivity index (χ0n) is 12.7. The minimum Gasteiger partial charge on any atom is -0.341 e. The molecule has 2 rings (SSSR count). The maximum atomic E-state index is 12.1. The van der Waals surface area contributed by atoms with E-state index in [9.17, 15) is 4.79 Å². The first kappa shape index (κ1) is 15.3. The first-order valence-corrected chi connectivity index (χ1v) is 7.35. The number of carbonyl (C=O) groups is 1. The Morgan fingerprint density at radius 1 is 1.14 bits per heavy atom. The molecular formula is C17H23N3O. The number of carbonyl (C=O) groups excluding carboxylic acids is 1. The molecule has 0 radical (unpaired) electrons. The quantitative estimate of drug-likeness (QED) is 0.821. The molecule has 0 bridgehead atoms. The van der Waals surface area contributed by atoms with Gasteiger partial charge < -0.3 is 15.2 Å². The van der Waals surface area contributed by atoms with Gasteiger partial charge in [0, 0.05) is 24.1 Å². The van der Waals surface area contributed by atoms with Gasteiger partial charge in [-0.15, -0.1) is 0 Å². The highest BCUT2D eigenvalue weighted by atomic mass is 16.1. The van der Waals surface area contributed by atoms with E-state index in [0.717, 1.165) is 24.5 Å². The molecule has 1 amide bonds. The predicted octanol–water partition coefficient (Wildman–Crippen LogP) is 2.87. The number of rotatable bonds is 7. The third-order valence-electron chi connectivity index (χ3n) is 3.15. The molecule has 112 valence electrons. The summed E-state index contributed by atoms with van der Waals surface area (Å²) in [5.41, 5.74) is 1.95. The molecule has 21 heavy (non-hydrogen) atoms. The molecule has 0 aliphatic heterocycles. The van der Waals surface area contributed by atoms with Gasteiger partial charge >= 0.3 is 0 Å². The summed E-state index contributed by atoms with van der Waals surface area (Å²) in [5, 5.41) is 6.30. The molecule has 0 spiro atoms. The molecule has 1 aromatic carbocycles. The van der Waals surface area contributed by atoms with Gasteiger partial charge in [0.2, 0.25) is 5.91 Å². The number of aromatic nitrogens is 1. The predicted molar refractivity (Wildman–Crippen MR) is 86.0 cm³/mol. The number of nitrogens with one attached hydrogen (secondary N) is 2. The molecule has 0 atom stereocenters.